The second kappa shape index (κ2) is 8.86. The van der Waals surface area contributed by atoms with Crippen molar-refractivity contribution < 1.29 is 28.2 Å². The Kier molecular flexibility index (Phi) is 5.62. The predicted octanol–water partition coefficient (Wildman–Crippen LogP) is 4.52. The smallest absolute Gasteiger partial charge is 0.287 e. The van der Waals surface area contributed by atoms with Crippen LogP contribution in [0.5, 0.6) is 23.0 Å². The maximum atomic E-state index is 12.9. The van der Waals surface area contributed by atoms with Gasteiger partial charge in [-0.3, -0.25) is 4.79 Å². The summed E-state index contributed by atoms with van der Waals surface area (Å²) < 4.78 is 28.1. The highest BCUT2D eigenvalue weighted by Gasteiger charge is 2.34. The lowest BCUT2D eigenvalue weighted by Gasteiger charge is -2.22. The van der Waals surface area contributed by atoms with Gasteiger partial charge >= 0.3 is 0 Å². The Labute approximate surface area is 186 Å². The van der Waals surface area contributed by atoms with Crippen LogP contribution in [0.3, 0.4) is 0 Å². The molecule has 166 valence electrons. The van der Waals surface area contributed by atoms with Gasteiger partial charge in [0.25, 0.3) is 5.91 Å². The first kappa shape index (κ1) is 20.3. The van der Waals surface area contributed by atoms with Crippen molar-refractivity contribution in [2.45, 2.75) is 25.5 Å². The molecule has 0 saturated heterocycles. The Balaban J connectivity index is 1.25. The lowest BCUT2D eigenvalue weighted by molar-refractivity contribution is 0.0899. The zero-order valence-electron chi connectivity index (χ0n) is 17.8. The summed E-state index contributed by atoms with van der Waals surface area (Å²) in [5, 5.41) is 3.13. The van der Waals surface area contributed by atoms with Crippen LogP contribution in [0.15, 0.2) is 59.0 Å². The molecule has 3 aromatic rings. The molecule has 1 fully saturated rings. The van der Waals surface area contributed by atoms with E-state index in [-0.39, 0.29) is 24.3 Å². The fourth-order valence-electron chi connectivity index (χ4n) is 3.83. The zero-order valence-corrected chi connectivity index (χ0v) is 17.8. The van der Waals surface area contributed by atoms with Crippen molar-refractivity contribution in [1.82, 2.24) is 5.32 Å². The van der Waals surface area contributed by atoms with Crippen LogP contribution in [-0.4, -0.2) is 26.2 Å². The molecule has 1 unspecified atom stereocenters. The van der Waals surface area contributed by atoms with Crippen molar-refractivity contribution in [2.75, 3.05) is 20.3 Å². The first-order chi connectivity index (χ1) is 15.7. The van der Waals surface area contributed by atoms with Gasteiger partial charge in [0.1, 0.15) is 25.6 Å². The predicted molar refractivity (Wildman–Crippen MR) is 116 cm³/mol. The van der Waals surface area contributed by atoms with E-state index in [1.54, 1.807) is 19.2 Å². The zero-order chi connectivity index (χ0) is 21.9. The summed E-state index contributed by atoms with van der Waals surface area (Å²) in [4.78, 5) is 12.9. The van der Waals surface area contributed by atoms with Crippen LogP contribution in [-0.2, 0) is 6.61 Å². The topological polar surface area (TPSA) is 79.2 Å². The molecular formula is C25H25NO6. The van der Waals surface area contributed by atoms with Crippen molar-refractivity contribution in [1.29, 1.82) is 0 Å². The van der Waals surface area contributed by atoms with Gasteiger partial charge in [0, 0.05) is 0 Å². The third-order valence-electron chi connectivity index (χ3n) is 5.63. The number of methoxy groups -OCH3 is 1. The normalized spacial score (nSPS) is 15.7. The van der Waals surface area contributed by atoms with E-state index >= 15 is 0 Å². The van der Waals surface area contributed by atoms with Gasteiger partial charge in [-0.1, -0.05) is 18.2 Å². The molecule has 0 bridgehead atoms. The van der Waals surface area contributed by atoms with Crippen LogP contribution in [0, 0.1) is 5.92 Å². The van der Waals surface area contributed by atoms with Gasteiger partial charge in [0.2, 0.25) is 0 Å². The molecule has 1 aliphatic carbocycles. The second-order valence-electron chi connectivity index (χ2n) is 7.90. The van der Waals surface area contributed by atoms with Gasteiger partial charge in [-0.15, -0.1) is 0 Å². The van der Waals surface area contributed by atoms with Crippen LogP contribution in [0.2, 0.25) is 0 Å². The van der Waals surface area contributed by atoms with E-state index in [1.807, 2.05) is 42.5 Å². The number of carbonyl (C=O) groups is 1. The van der Waals surface area contributed by atoms with Crippen LogP contribution in [0.4, 0.5) is 0 Å². The molecule has 0 radical (unpaired) electrons. The highest BCUT2D eigenvalue weighted by molar-refractivity contribution is 5.91. The average Bonchev–Trinajstić information content (AvgIpc) is 3.57. The number of amides is 1. The van der Waals surface area contributed by atoms with E-state index in [0.29, 0.717) is 36.4 Å². The highest BCUT2D eigenvalue weighted by atomic mass is 16.6. The van der Waals surface area contributed by atoms with E-state index in [1.165, 1.54) is 0 Å². The van der Waals surface area contributed by atoms with Crippen molar-refractivity contribution in [3.63, 3.8) is 0 Å². The quantitative estimate of drug-likeness (QED) is 0.561. The number of hydrogen-bond acceptors (Lipinski definition) is 6. The number of para-hydroxylation sites is 2. The molecule has 5 rings (SSSR count). The number of carbonyl (C=O) groups excluding carboxylic acids is 1. The summed E-state index contributed by atoms with van der Waals surface area (Å²) in [5.74, 6) is 3.70. The molecule has 1 saturated carbocycles. The minimum Gasteiger partial charge on any atom is -0.493 e. The van der Waals surface area contributed by atoms with Crippen LogP contribution >= 0.6 is 0 Å². The third kappa shape index (κ3) is 4.37. The van der Waals surface area contributed by atoms with Crippen LogP contribution < -0.4 is 24.3 Å². The minimum atomic E-state index is -0.250. The van der Waals surface area contributed by atoms with Crippen molar-refractivity contribution in [3.05, 3.63) is 71.7 Å². The molecule has 2 aliphatic rings. The third-order valence-corrected chi connectivity index (χ3v) is 5.63. The lowest BCUT2D eigenvalue weighted by Crippen LogP contribution is -2.29. The molecule has 1 aliphatic heterocycles. The van der Waals surface area contributed by atoms with Crippen molar-refractivity contribution in [2.24, 2.45) is 5.92 Å². The second-order valence-corrected chi connectivity index (χ2v) is 7.90. The van der Waals surface area contributed by atoms with Gasteiger partial charge in [0.05, 0.1) is 13.2 Å². The fourth-order valence-corrected chi connectivity index (χ4v) is 3.83. The van der Waals surface area contributed by atoms with Gasteiger partial charge in [0.15, 0.2) is 28.8 Å². The fraction of sp³-hybridized carbons (Fsp3) is 0.320. The molecule has 2 aromatic carbocycles. The first-order valence-electron chi connectivity index (χ1n) is 10.8. The summed E-state index contributed by atoms with van der Waals surface area (Å²) in [6, 6.07) is 16.6. The standard InChI is InChI=1S/C25H25NO6/c1-28-19-4-2-3-5-20(19)31-15-18-9-11-22(32-18)25(27)26-24(16-6-7-16)17-8-10-21-23(14-17)30-13-12-29-21/h2-5,8-11,14,16,24H,6-7,12-13,15H2,1H3,(H,26,27). The van der Waals surface area contributed by atoms with Crippen molar-refractivity contribution >= 4 is 5.91 Å². The maximum absolute atomic E-state index is 12.9. The molecule has 1 N–H and O–H groups in total. The summed E-state index contributed by atoms with van der Waals surface area (Å²) in [7, 11) is 1.59. The number of hydrogen-bond donors (Lipinski definition) is 1. The van der Waals surface area contributed by atoms with Gasteiger partial charge < -0.3 is 28.7 Å². The molecule has 1 aromatic heterocycles. The first-order valence-corrected chi connectivity index (χ1v) is 10.8. The lowest BCUT2D eigenvalue weighted by atomic mass is 10.0. The van der Waals surface area contributed by atoms with Crippen molar-refractivity contribution in [3.8, 4) is 23.0 Å². The molecule has 1 atom stereocenters. The summed E-state index contributed by atoms with van der Waals surface area (Å²) >= 11 is 0. The minimum absolute atomic E-state index is 0.100. The molecule has 7 heteroatoms. The summed E-state index contributed by atoms with van der Waals surface area (Å²) in [5.41, 5.74) is 1.01. The average molecular weight is 435 g/mol. The Bertz CT molecular complexity index is 1100. The Morgan fingerprint density at radius 3 is 2.59 bits per heavy atom. The van der Waals surface area contributed by atoms with E-state index in [4.69, 9.17) is 23.4 Å². The summed E-state index contributed by atoms with van der Waals surface area (Å²) in [6.45, 7) is 1.28. The van der Waals surface area contributed by atoms with Crippen LogP contribution in [0.1, 0.15) is 40.8 Å². The monoisotopic (exact) mass is 435 g/mol. The van der Waals surface area contributed by atoms with Crippen LogP contribution in [0.25, 0.3) is 0 Å². The molecule has 32 heavy (non-hydrogen) atoms. The molecule has 2 heterocycles. The molecule has 1 amide bonds. The Hall–Kier alpha value is -3.61. The van der Waals surface area contributed by atoms with Gasteiger partial charge in [-0.2, -0.15) is 0 Å². The van der Waals surface area contributed by atoms with Gasteiger partial charge in [-0.25, -0.2) is 0 Å². The number of nitrogens with one attached hydrogen (secondary N) is 1. The largest absolute Gasteiger partial charge is 0.493 e. The maximum Gasteiger partial charge on any atom is 0.287 e. The molecular weight excluding hydrogens is 410 g/mol. The number of rotatable bonds is 8. The summed E-state index contributed by atoms with van der Waals surface area (Å²) in [6.07, 6.45) is 2.16. The van der Waals surface area contributed by atoms with Gasteiger partial charge in [-0.05, 0) is 60.7 Å². The van der Waals surface area contributed by atoms with E-state index in [9.17, 15) is 4.79 Å². The van der Waals surface area contributed by atoms with E-state index in [2.05, 4.69) is 5.32 Å². The molecule has 7 nitrogen and oxygen atoms in total. The SMILES string of the molecule is COc1ccccc1OCc1ccc(C(=O)NC(c2ccc3c(c2)OCCO3)C2CC2)o1. The highest BCUT2D eigenvalue weighted by Crippen LogP contribution is 2.43. The van der Waals surface area contributed by atoms with E-state index in [0.717, 1.165) is 29.9 Å². The Morgan fingerprint density at radius 2 is 1.81 bits per heavy atom. The Morgan fingerprint density at radius 1 is 1.03 bits per heavy atom. The number of furan rings is 1. The molecule has 0 spiro atoms. The number of fused-ring (bicyclic) bond motifs is 1. The van der Waals surface area contributed by atoms with E-state index < -0.39 is 0 Å². The number of ether oxygens (including phenoxy) is 4. The number of benzene rings is 2.